The van der Waals surface area contributed by atoms with E-state index in [1.807, 2.05) is 20.8 Å². The summed E-state index contributed by atoms with van der Waals surface area (Å²) in [6.07, 6.45) is 0.199. The number of carbonyl (C=O) groups excluding carboxylic acids is 1. The van der Waals surface area contributed by atoms with Crippen molar-refractivity contribution in [2.75, 3.05) is 0 Å². The molecule has 0 fully saturated rings. The fourth-order valence-electron chi connectivity index (χ4n) is 2.09. The summed E-state index contributed by atoms with van der Waals surface area (Å²) >= 11 is 0. The van der Waals surface area contributed by atoms with Crippen LogP contribution in [0, 0.1) is 20.8 Å². The van der Waals surface area contributed by atoms with Crippen LogP contribution in [0.3, 0.4) is 0 Å². The van der Waals surface area contributed by atoms with Gasteiger partial charge in [-0.1, -0.05) is 17.7 Å². The van der Waals surface area contributed by atoms with Crippen LogP contribution in [0.2, 0.25) is 0 Å². The van der Waals surface area contributed by atoms with Crippen molar-refractivity contribution in [3.8, 4) is 0 Å². The second-order valence-corrected chi connectivity index (χ2v) is 4.09. The van der Waals surface area contributed by atoms with Crippen LogP contribution in [0.5, 0.6) is 0 Å². The molecule has 15 heavy (non-hydrogen) atoms. The zero-order chi connectivity index (χ0) is 11.6. The van der Waals surface area contributed by atoms with E-state index >= 15 is 0 Å². The first kappa shape index (κ1) is 11.7. The molecule has 0 saturated carbocycles. The van der Waals surface area contributed by atoms with Crippen molar-refractivity contribution in [2.45, 2.75) is 33.2 Å². The molecule has 4 N–H and O–H groups in total. The van der Waals surface area contributed by atoms with Crippen molar-refractivity contribution in [2.24, 2.45) is 11.5 Å². The molecule has 0 aliphatic rings. The van der Waals surface area contributed by atoms with Gasteiger partial charge in [-0.2, -0.15) is 0 Å². The number of hydrogen-bond donors (Lipinski definition) is 2. The second-order valence-electron chi connectivity index (χ2n) is 4.09. The average Bonchev–Trinajstić information content (AvgIpc) is 1.99. The van der Waals surface area contributed by atoms with E-state index in [0.717, 1.165) is 16.7 Å². The molecule has 1 aromatic carbocycles. The van der Waals surface area contributed by atoms with E-state index in [-0.39, 0.29) is 18.4 Å². The highest BCUT2D eigenvalue weighted by Crippen LogP contribution is 2.23. The Hall–Kier alpha value is -1.35. The van der Waals surface area contributed by atoms with Crippen molar-refractivity contribution >= 4 is 5.91 Å². The maximum atomic E-state index is 10.8. The number of aryl methyl sites for hydroxylation is 3. The third kappa shape index (κ3) is 2.80. The molecular formula is C12H18N2O. The lowest BCUT2D eigenvalue weighted by Gasteiger charge is -2.17. The summed E-state index contributed by atoms with van der Waals surface area (Å²) in [5.41, 5.74) is 15.6. The summed E-state index contributed by atoms with van der Waals surface area (Å²) < 4.78 is 0. The number of carbonyl (C=O) groups is 1. The van der Waals surface area contributed by atoms with Gasteiger partial charge >= 0.3 is 0 Å². The SMILES string of the molecule is Cc1cc(C)c([C@@H](N)CC(N)=O)c(C)c1. The van der Waals surface area contributed by atoms with Gasteiger partial charge in [0.25, 0.3) is 0 Å². The molecule has 3 heteroatoms. The monoisotopic (exact) mass is 206 g/mol. The fourth-order valence-corrected chi connectivity index (χ4v) is 2.09. The Morgan fingerprint density at radius 2 is 1.73 bits per heavy atom. The van der Waals surface area contributed by atoms with Crippen molar-refractivity contribution < 1.29 is 4.79 Å². The fraction of sp³-hybridized carbons (Fsp3) is 0.417. The number of hydrogen-bond acceptors (Lipinski definition) is 2. The van der Waals surface area contributed by atoms with Crippen LogP contribution in [0.25, 0.3) is 0 Å². The van der Waals surface area contributed by atoms with Crippen molar-refractivity contribution in [3.05, 3.63) is 34.4 Å². The van der Waals surface area contributed by atoms with Crippen LogP contribution in [-0.2, 0) is 4.79 Å². The Bertz CT molecular complexity index is 362. The first-order valence-electron chi connectivity index (χ1n) is 5.03. The average molecular weight is 206 g/mol. The lowest BCUT2D eigenvalue weighted by molar-refractivity contribution is -0.118. The van der Waals surface area contributed by atoms with Gasteiger partial charge < -0.3 is 11.5 Å². The number of primary amides is 1. The van der Waals surface area contributed by atoms with Crippen LogP contribution in [0.1, 0.15) is 34.7 Å². The molecule has 82 valence electrons. The lowest BCUT2D eigenvalue weighted by atomic mass is 9.93. The van der Waals surface area contributed by atoms with Crippen molar-refractivity contribution in [1.82, 2.24) is 0 Å². The Labute approximate surface area is 90.5 Å². The molecule has 0 aliphatic heterocycles. The summed E-state index contributed by atoms with van der Waals surface area (Å²) in [6.45, 7) is 6.07. The smallest absolute Gasteiger partial charge is 0.219 e. The Morgan fingerprint density at radius 3 is 2.13 bits per heavy atom. The van der Waals surface area contributed by atoms with Gasteiger partial charge in [0.1, 0.15) is 0 Å². The van der Waals surface area contributed by atoms with Gasteiger partial charge in [-0.25, -0.2) is 0 Å². The van der Waals surface area contributed by atoms with Crippen LogP contribution in [-0.4, -0.2) is 5.91 Å². The standard InChI is InChI=1S/C12H18N2O/c1-7-4-8(2)12(9(3)5-7)10(13)6-11(14)15/h4-5,10H,6,13H2,1-3H3,(H2,14,15)/t10-/m0/s1. The van der Waals surface area contributed by atoms with Gasteiger partial charge in [0, 0.05) is 12.5 Å². The zero-order valence-corrected chi connectivity index (χ0v) is 9.50. The highest BCUT2D eigenvalue weighted by Gasteiger charge is 2.14. The van der Waals surface area contributed by atoms with Crippen LogP contribution >= 0.6 is 0 Å². The molecule has 0 aromatic heterocycles. The molecule has 0 heterocycles. The summed E-state index contributed by atoms with van der Waals surface area (Å²) in [5.74, 6) is -0.359. The minimum atomic E-state index is -0.359. The molecule has 1 aromatic rings. The third-order valence-electron chi connectivity index (χ3n) is 2.53. The maximum absolute atomic E-state index is 10.8. The molecule has 0 spiro atoms. The highest BCUT2D eigenvalue weighted by atomic mass is 16.1. The van der Waals surface area contributed by atoms with Crippen LogP contribution in [0.15, 0.2) is 12.1 Å². The first-order chi connectivity index (χ1) is 6.91. The van der Waals surface area contributed by atoms with E-state index in [0.29, 0.717) is 0 Å². The van der Waals surface area contributed by atoms with E-state index in [1.54, 1.807) is 0 Å². The molecular weight excluding hydrogens is 188 g/mol. The van der Waals surface area contributed by atoms with Gasteiger partial charge in [0.15, 0.2) is 0 Å². The summed E-state index contributed by atoms with van der Waals surface area (Å²) in [5, 5.41) is 0. The second kappa shape index (κ2) is 4.45. The Morgan fingerprint density at radius 1 is 1.27 bits per heavy atom. The molecule has 3 nitrogen and oxygen atoms in total. The van der Waals surface area contributed by atoms with E-state index in [4.69, 9.17) is 11.5 Å². The summed E-state index contributed by atoms with van der Waals surface area (Å²) in [7, 11) is 0. The van der Waals surface area contributed by atoms with E-state index in [9.17, 15) is 4.79 Å². The number of amides is 1. The van der Waals surface area contributed by atoms with Gasteiger partial charge in [-0.3, -0.25) is 4.79 Å². The number of benzene rings is 1. The lowest BCUT2D eigenvalue weighted by Crippen LogP contribution is -2.22. The maximum Gasteiger partial charge on any atom is 0.219 e. The van der Waals surface area contributed by atoms with Gasteiger partial charge in [-0.15, -0.1) is 0 Å². The predicted octanol–water partition coefficient (Wildman–Crippen LogP) is 1.49. The molecule has 0 unspecified atom stereocenters. The largest absolute Gasteiger partial charge is 0.370 e. The summed E-state index contributed by atoms with van der Waals surface area (Å²) in [4.78, 5) is 10.8. The first-order valence-corrected chi connectivity index (χ1v) is 5.03. The Kier molecular flexibility index (Phi) is 3.48. The molecule has 1 rings (SSSR count). The quantitative estimate of drug-likeness (QED) is 0.786. The third-order valence-corrected chi connectivity index (χ3v) is 2.53. The zero-order valence-electron chi connectivity index (χ0n) is 9.50. The minimum Gasteiger partial charge on any atom is -0.370 e. The van der Waals surface area contributed by atoms with Gasteiger partial charge in [-0.05, 0) is 37.5 Å². The topological polar surface area (TPSA) is 69.1 Å². The molecule has 1 atom stereocenters. The molecule has 0 bridgehead atoms. The highest BCUT2D eigenvalue weighted by molar-refractivity contribution is 5.74. The van der Waals surface area contributed by atoms with E-state index < -0.39 is 0 Å². The van der Waals surface area contributed by atoms with Crippen LogP contribution in [0.4, 0.5) is 0 Å². The van der Waals surface area contributed by atoms with Crippen molar-refractivity contribution in [1.29, 1.82) is 0 Å². The molecule has 0 aliphatic carbocycles. The predicted molar refractivity (Wildman–Crippen MR) is 61.4 cm³/mol. The van der Waals surface area contributed by atoms with Crippen molar-refractivity contribution in [3.63, 3.8) is 0 Å². The van der Waals surface area contributed by atoms with E-state index in [2.05, 4.69) is 12.1 Å². The number of nitrogens with two attached hydrogens (primary N) is 2. The minimum absolute atomic E-state index is 0.199. The molecule has 0 radical (unpaired) electrons. The van der Waals surface area contributed by atoms with Gasteiger partial charge in [0.05, 0.1) is 0 Å². The molecule has 0 saturated heterocycles. The normalized spacial score (nSPS) is 12.5. The van der Waals surface area contributed by atoms with Gasteiger partial charge in [0.2, 0.25) is 5.91 Å². The Balaban J connectivity index is 3.08. The summed E-state index contributed by atoms with van der Waals surface area (Å²) in [6, 6.07) is 3.86. The van der Waals surface area contributed by atoms with E-state index in [1.165, 1.54) is 5.56 Å². The molecule has 1 amide bonds. The number of rotatable bonds is 3. The van der Waals surface area contributed by atoms with Crippen LogP contribution < -0.4 is 11.5 Å².